The lowest BCUT2D eigenvalue weighted by molar-refractivity contribution is -0.220. The third-order valence-electron chi connectivity index (χ3n) is 7.66. The number of ether oxygens (including phenoxy) is 2. The Kier molecular flexibility index (Phi) is 24.8. The molecule has 1 saturated carbocycles. The first-order valence-electron chi connectivity index (χ1n) is 17.6. The van der Waals surface area contributed by atoms with Gasteiger partial charge in [0.25, 0.3) is 0 Å². The molecule has 6 atom stereocenters. The van der Waals surface area contributed by atoms with Gasteiger partial charge in [-0.1, -0.05) is 107 Å². The molecule has 0 bridgehead atoms. The number of esters is 2. The van der Waals surface area contributed by atoms with E-state index in [4.69, 9.17) is 18.5 Å². The quantitative estimate of drug-likeness (QED) is 0.0310. The topological polar surface area (TPSA) is 210 Å². The molecule has 0 aromatic heterocycles. The highest BCUT2D eigenvalue weighted by atomic mass is 31.2. The summed E-state index contributed by atoms with van der Waals surface area (Å²) in [5.74, 6) is -1.27. The molecule has 0 aromatic rings. The van der Waals surface area contributed by atoms with Crippen LogP contribution in [0.15, 0.2) is 60.8 Å². The molecule has 1 rings (SSSR count). The summed E-state index contributed by atoms with van der Waals surface area (Å²) in [7, 11) is -5.13. The van der Waals surface area contributed by atoms with Crippen molar-refractivity contribution in [3.63, 3.8) is 0 Å². The Hall–Kier alpha value is -2.45. The largest absolute Gasteiger partial charge is 0.472 e. The first-order chi connectivity index (χ1) is 23.9. The molecule has 0 aliphatic heterocycles. The van der Waals surface area contributed by atoms with Crippen LogP contribution in [0.3, 0.4) is 0 Å². The van der Waals surface area contributed by atoms with Crippen LogP contribution in [0.2, 0.25) is 0 Å². The van der Waals surface area contributed by atoms with Crippen molar-refractivity contribution in [1.29, 1.82) is 0 Å². The Labute approximate surface area is 296 Å². The van der Waals surface area contributed by atoms with Crippen molar-refractivity contribution in [3.8, 4) is 0 Å². The van der Waals surface area contributed by atoms with Crippen LogP contribution in [-0.2, 0) is 32.7 Å². The van der Waals surface area contributed by atoms with Gasteiger partial charge in [0, 0.05) is 6.42 Å². The molecule has 0 heterocycles. The van der Waals surface area contributed by atoms with Gasteiger partial charge in [-0.3, -0.25) is 18.6 Å². The molecule has 50 heavy (non-hydrogen) atoms. The van der Waals surface area contributed by atoms with E-state index in [9.17, 15) is 44.6 Å². The van der Waals surface area contributed by atoms with E-state index < -0.39 is 75.7 Å². The highest BCUT2D eigenvalue weighted by molar-refractivity contribution is 7.47. The van der Waals surface area contributed by atoms with E-state index in [0.717, 1.165) is 57.8 Å². The first-order valence-corrected chi connectivity index (χ1v) is 19.1. The third-order valence-corrected chi connectivity index (χ3v) is 8.64. The van der Waals surface area contributed by atoms with E-state index >= 15 is 0 Å². The van der Waals surface area contributed by atoms with Gasteiger partial charge >= 0.3 is 19.8 Å². The predicted molar refractivity (Wildman–Crippen MR) is 189 cm³/mol. The zero-order valence-electron chi connectivity index (χ0n) is 29.4. The standard InChI is InChI=1S/C36H59O13P/c1-3-5-7-9-11-12-13-14-15-16-17-18-19-21-23-25-30(38)48-28(26-46-29(37)24-22-20-10-8-6-4-2)27-47-50(44,45)49-36-34(42)32(40)31(39)33(41)35(36)43/h5,7,11-12,14-15,17-18,21,23,28,31-36,39-43H,3-4,6,8-10,13,16,19-20,22,24-27H2,1-2H3,(H,44,45)/b7-5-,12-11-,15-14-,18-17-,23-21-. The zero-order valence-corrected chi connectivity index (χ0v) is 30.3. The number of rotatable bonds is 26. The molecule has 0 radical (unpaired) electrons. The van der Waals surface area contributed by atoms with E-state index in [1.165, 1.54) is 0 Å². The smallest absolute Gasteiger partial charge is 0.462 e. The van der Waals surface area contributed by atoms with Crippen LogP contribution in [0.25, 0.3) is 0 Å². The lowest BCUT2D eigenvalue weighted by Crippen LogP contribution is -2.64. The molecule has 14 heteroatoms. The summed E-state index contributed by atoms with van der Waals surface area (Å²) in [4.78, 5) is 35.1. The average Bonchev–Trinajstić information content (AvgIpc) is 3.09. The summed E-state index contributed by atoms with van der Waals surface area (Å²) in [6.45, 7) is 2.95. The SMILES string of the molecule is CC/C=C\C/C=C\C/C=C\C/C=C\C/C=C\CC(=O)OC(COC(=O)CCCCCCCC)COP(=O)(O)OC1C(O)C(O)C(O)C(O)C1O. The highest BCUT2D eigenvalue weighted by Gasteiger charge is 2.51. The van der Waals surface area contributed by atoms with E-state index in [1.807, 2.05) is 12.2 Å². The van der Waals surface area contributed by atoms with Gasteiger partial charge in [0.1, 0.15) is 43.2 Å². The Balaban J connectivity index is 2.64. The molecular formula is C36H59O13P. The second kappa shape index (κ2) is 27.2. The van der Waals surface area contributed by atoms with Crippen molar-refractivity contribution < 1.29 is 63.1 Å². The van der Waals surface area contributed by atoms with Gasteiger partial charge in [-0.2, -0.15) is 0 Å². The van der Waals surface area contributed by atoms with E-state index in [-0.39, 0.29) is 12.8 Å². The second-order valence-electron chi connectivity index (χ2n) is 12.0. The summed E-state index contributed by atoms with van der Waals surface area (Å²) in [6.07, 6.45) is 16.6. The maximum absolute atomic E-state index is 12.7. The molecule has 1 fully saturated rings. The van der Waals surface area contributed by atoms with Crippen LogP contribution >= 0.6 is 7.82 Å². The predicted octanol–water partition coefficient (Wildman–Crippen LogP) is 4.65. The number of carbonyl (C=O) groups is 2. The number of phosphoric acid groups is 1. The number of unbranched alkanes of at least 4 members (excludes halogenated alkanes) is 5. The molecular weight excluding hydrogens is 671 g/mol. The van der Waals surface area contributed by atoms with Crippen LogP contribution in [-0.4, -0.2) is 98.3 Å². The van der Waals surface area contributed by atoms with Crippen molar-refractivity contribution in [2.75, 3.05) is 13.2 Å². The molecule has 1 aliphatic rings. The molecule has 0 spiro atoms. The maximum Gasteiger partial charge on any atom is 0.472 e. The number of aliphatic hydroxyl groups excluding tert-OH is 5. The Morgan fingerprint density at radius 1 is 0.640 bits per heavy atom. The van der Waals surface area contributed by atoms with E-state index in [0.29, 0.717) is 12.8 Å². The third kappa shape index (κ3) is 20.4. The van der Waals surface area contributed by atoms with E-state index in [1.54, 1.807) is 12.2 Å². The minimum atomic E-state index is -5.13. The number of allylic oxidation sites excluding steroid dienone is 9. The number of phosphoric ester groups is 1. The highest BCUT2D eigenvalue weighted by Crippen LogP contribution is 2.47. The monoisotopic (exact) mass is 730 g/mol. The second-order valence-corrected chi connectivity index (χ2v) is 13.4. The average molecular weight is 731 g/mol. The van der Waals surface area contributed by atoms with Crippen LogP contribution in [0.5, 0.6) is 0 Å². The Morgan fingerprint density at radius 3 is 1.66 bits per heavy atom. The minimum absolute atomic E-state index is 0.137. The van der Waals surface area contributed by atoms with Gasteiger partial charge < -0.3 is 39.9 Å². The van der Waals surface area contributed by atoms with Crippen molar-refractivity contribution in [3.05, 3.63) is 60.8 Å². The fourth-order valence-corrected chi connectivity index (χ4v) is 5.74. The number of hydrogen-bond acceptors (Lipinski definition) is 12. The summed E-state index contributed by atoms with van der Waals surface area (Å²) in [5, 5.41) is 49.7. The lowest BCUT2D eigenvalue weighted by Gasteiger charge is -2.41. The molecule has 13 nitrogen and oxygen atoms in total. The van der Waals surface area contributed by atoms with Crippen LogP contribution in [0.4, 0.5) is 0 Å². The van der Waals surface area contributed by atoms with Gasteiger partial charge in [0.2, 0.25) is 0 Å². The molecule has 6 unspecified atom stereocenters. The molecule has 286 valence electrons. The first kappa shape index (κ1) is 45.6. The fourth-order valence-electron chi connectivity index (χ4n) is 4.77. The van der Waals surface area contributed by atoms with Crippen molar-refractivity contribution in [2.24, 2.45) is 0 Å². The number of aliphatic hydroxyl groups is 5. The van der Waals surface area contributed by atoms with Crippen LogP contribution in [0.1, 0.15) is 97.3 Å². The van der Waals surface area contributed by atoms with E-state index in [2.05, 4.69) is 50.3 Å². The van der Waals surface area contributed by atoms with Gasteiger partial charge in [0.15, 0.2) is 6.10 Å². The number of carbonyl (C=O) groups excluding carboxylic acids is 2. The Bertz CT molecular complexity index is 1120. The minimum Gasteiger partial charge on any atom is -0.462 e. The molecule has 1 aliphatic carbocycles. The molecule has 6 N–H and O–H groups in total. The lowest BCUT2D eigenvalue weighted by atomic mass is 9.85. The number of hydrogen-bond donors (Lipinski definition) is 6. The fraction of sp³-hybridized carbons (Fsp3) is 0.667. The summed E-state index contributed by atoms with van der Waals surface area (Å²) < 4.78 is 33.0. The van der Waals surface area contributed by atoms with Crippen molar-refractivity contribution >= 4 is 19.8 Å². The summed E-state index contributed by atoms with van der Waals surface area (Å²) >= 11 is 0. The summed E-state index contributed by atoms with van der Waals surface area (Å²) in [6, 6.07) is 0. The normalized spacial score (nSPS) is 24.9. The van der Waals surface area contributed by atoms with Crippen molar-refractivity contribution in [2.45, 2.75) is 140 Å². The van der Waals surface area contributed by atoms with Crippen molar-refractivity contribution in [1.82, 2.24) is 0 Å². The van der Waals surface area contributed by atoms with Crippen LogP contribution < -0.4 is 0 Å². The molecule has 0 saturated heterocycles. The van der Waals surface area contributed by atoms with Gasteiger partial charge in [0.05, 0.1) is 13.0 Å². The molecule has 0 amide bonds. The maximum atomic E-state index is 12.7. The summed E-state index contributed by atoms with van der Waals surface area (Å²) in [5.41, 5.74) is 0. The van der Waals surface area contributed by atoms with Crippen LogP contribution in [0, 0.1) is 0 Å². The van der Waals surface area contributed by atoms with Gasteiger partial charge in [-0.25, -0.2) is 4.57 Å². The van der Waals surface area contributed by atoms with Gasteiger partial charge in [-0.15, -0.1) is 0 Å². The van der Waals surface area contributed by atoms with Gasteiger partial charge in [-0.05, 0) is 38.5 Å². The molecule has 0 aromatic carbocycles. The zero-order chi connectivity index (χ0) is 37.2. The Morgan fingerprint density at radius 2 is 1.12 bits per heavy atom.